The van der Waals surface area contributed by atoms with Crippen LogP contribution in [0.15, 0.2) is 42.7 Å². The summed E-state index contributed by atoms with van der Waals surface area (Å²) in [5, 5.41) is 2.94. The zero-order valence-electron chi connectivity index (χ0n) is 15.8. The number of piperazine rings is 1. The molecule has 0 spiro atoms. The Morgan fingerprint density at radius 1 is 1.11 bits per heavy atom. The lowest BCUT2D eigenvalue weighted by atomic mass is 10.2. The van der Waals surface area contributed by atoms with Crippen molar-refractivity contribution < 1.29 is 13.9 Å². The van der Waals surface area contributed by atoms with Crippen LogP contribution in [-0.4, -0.2) is 56.3 Å². The summed E-state index contributed by atoms with van der Waals surface area (Å²) in [5.41, 5.74) is 2.54. The van der Waals surface area contributed by atoms with Gasteiger partial charge in [0, 0.05) is 51.2 Å². The minimum atomic E-state index is -0.219. The van der Waals surface area contributed by atoms with E-state index in [9.17, 15) is 9.18 Å². The Balaban J connectivity index is 1.34. The van der Waals surface area contributed by atoms with Crippen LogP contribution in [0.25, 0.3) is 0 Å². The first-order valence-electron chi connectivity index (χ1n) is 9.79. The number of carbonyl (C=O) groups excluding carboxylic acids is 1. The van der Waals surface area contributed by atoms with Crippen LogP contribution in [0.2, 0.25) is 0 Å². The molecule has 3 heterocycles. The first-order valence-corrected chi connectivity index (χ1v) is 9.79. The first-order chi connectivity index (χ1) is 13.7. The van der Waals surface area contributed by atoms with Gasteiger partial charge in [-0.25, -0.2) is 4.39 Å². The number of rotatable bonds is 5. The summed E-state index contributed by atoms with van der Waals surface area (Å²) in [6.45, 7) is 4.63. The fraction of sp³-hybridized carbons (Fsp3) is 0.429. The summed E-state index contributed by atoms with van der Waals surface area (Å²) in [7, 11) is 0. The largest absolute Gasteiger partial charge is 0.376 e. The molecule has 148 valence electrons. The summed E-state index contributed by atoms with van der Waals surface area (Å²) in [6.07, 6.45) is 5.57. The van der Waals surface area contributed by atoms with Gasteiger partial charge in [-0.2, -0.15) is 0 Å². The number of carbonyl (C=O) groups is 1. The number of amides is 1. The number of nitrogens with one attached hydrogen (secondary N) is 1. The van der Waals surface area contributed by atoms with Crippen molar-refractivity contribution >= 4 is 17.3 Å². The lowest BCUT2D eigenvalue weighted by Crippen LogP contribution is -2.46. The second-order valence-corrected chi connectivity index (χ2v) is 7.23. The summed E-state index contributed by atoms with van der Waals surface area (Å²) < 4.78 is 18.7. The molecule has 2 aliphatic rings. The van der Waals surface area contributed by atoms with Crippen LogP contribution in [0, 0.1) is 5.82 Å². The van der Waals surface area contributed by atoms with Gasteiger partial charge in [0.1, 0.15) is 5.82 Å². The van der Waals surface area contributed by atoms with Gasteiger partial charge >= 0.3 is 0 Å². The van der Waals surface area contributed by atoms with E-state index in [1.54, 1.807) is 12.4 Å². The third-order valence-corrected chi connectivity index (χ3v) is 5.34. The molecule has 2 aromatic rings. The highest BCUT2D eigenvalue weighted by molar-refractivity contribution is 5.94. The number of pyridine rings is 1. The number of hydrogen-bond donors (Lipinski definition) is 1. The highest BCUT2D eigenvalue weighted by atomic mass is 19.1. The second-order valence-electron chi connectivity index (χ2n) is 7.23. The van der Waals surface area contributed by atoms with Crippen LogP contribution in [-0.2, 0) is 4.74 Å². The van der Waals surface area contributed by atoms with Crippen molar-refractivity contribution in [2.75, 3.05) is 49.1 Å². The Bertz CT molecular complexity index is 800. The van der Waals surface area contributed by atoms with Gasteiger partial charge in [-0.05, 0) is 43.2 Å². The average molecular weight is 384 g/mol. The fourth-order valence-electron chi connectivity index (χ4n) is 3.71. The number of benzene rings is 1. The normalized spacial score (nSPS) is 19.7. The SMILES string of the molecule is O=C(NCC1CCCO1)c1cncc(N2CCN(c3ccc(F)cc3)CC2)c1. The Kier molecular flexibility index (Phi) is 5.71. The highest BCUT2D eigenvalue weighted by Crippen LogP contribution is 2.21. The van der Waals surface area contributed by atoms with Crippen molar-refractivity contribution in [2.24, 2.45) is 0 Å². The van der Waals surface area contributed by atoms with Crippen LogP contribution in [0.4, 0.5) is 15.8 Å². The Labute approximate surface area is 164 Å². The molecule has 0 radical (unpaired) electrons. The van der Waals surface area contributed by atoms with Gasteiger partial charge < -0.3 is 19.9 Å². The van der Waals surface area contributed by atoms with E-state index in [2.05, 4.69) is 20.1 Å². The van der Waals surface area contributed by atoms with E-state index in [1.165, 1.54) is 12.1 Å². The monoisotopic (exact) mass is 384 g/mol. The van der Waals surface area contributed by atoms with Gasteiger partial charge in [0.15, 0.2) is 0 Å². The van der Waals surface area contributed by atoms with Gasteiger partial charge in [-0.3, -0.25) is 9.78 Å². The molecule has 1 atom stereocenters. The summed E-state index contributed by atoms with van der Waals surface area (Å²) >= 11 is 0. The van der Waals surface area contributed by atoms with E-state index < -0.39 is 0 Å². The van der Waals surface area contributed by atoms with Crippen molar-refractivity contribution in [1.82, 2.24) is 10.3 Å². The molecule has 1 N–H and O–H groups in total. The molecule has 28 heavy (non-hydrogen) atoms. The van der Waals surface area contributed by atoms with Gasteiger partial charge in [-0.1, -0.05) is 0 Å². The number of anilines is 2. The number of nitrogens with zero attached hydrogens (tertiary/aromatic N) is 3. The van der Waals surface area contributed by atoms with E-state index >= 15 is 0 Å². The minimum Gasteiger partial charge on any atom is -0.376 e. The van der Waals surface area contributed by atoms with Crippen LogP contribution in [0.5, 0.6) is 0 Å². The minimum absolute atomic E-state index is 0.116. The number of aromatic nitrogens is 1. The molecule has 1 amide bonds. The molecule has 2 saturated heterocycles. The quantitative estimate of drug-likeness (QED) is 0.858. The molecule has 1 aromatic carbocycles. The molecular weight excluding hydrogens is 359 g/mol. The van der Waals surface area contributed by atoms with Gasteiger partial charge in [-0.15, -0.1) is 0 Å². The van der Waals surface area contributed by atoms with Crippen LogP contribution < -0.4 is 15.1 Å². The van der Waals surface area contributed by atoms with E-state index in [0.29, 0.717) is 12.1 Å². The highest BCUT2D eigenvalue weighted by Gasteiger charge is 2.20. The number of halogens is 1. The van der Waals surface area contributed by atoms with Crippen LogP contribution >= 0.6 is 0 Å². The Morgan fingerprint density at radius 2 is 1.82 bits per heavy atom. The lowest BCUT2D eigenvalue weighted by Gasteiger charge is -2.37. The standard InChI is InChI=1S/C21H25FN4O2/c22-17-3-5-18(6-4-17)25-7-9-26(10-8-25)19-12-16(13-23-14-19)21(27)24-15-20-2-1-11-28-20/h3-6,12-14,20H,1-2,7-11,15H2,(H,24,27). The number of ether oxygens (including phenoxy) is 1. The van der Waals surface area contributed by atoms with Crippen molar-refractivity contribution in [3.05, 3.63) is 54.1 Å². The number of hydrogen-bond acceptors (Lipinski definition) is 5. The summed E-state index contributed by atoms with van der Waals surface area (Å²) in [6, 6.07) is 8.50. The van der Waals surface area contributed by atoms with E-state index in [1.807, 2.05) is 18.2 Å². The van der Waals surface area contributed by atoms with E-state index in [0.717, 1.165) is 57.0 Å². The molecule has 7 heteroatoms. The van der Waals surface area contributed by atoms with Crippen LogP contribution in [0.1, 0.15) is 23.2 Å². The predicted molar refractivity (Wildman–Crippen MR) is 106 cm³/mol. The molecule has 2 aliphatic heterocycles. The van der Waals surface area contributed by atoms with Crippen LogP contribution in [0.3, 0.4) is 0 Å². The Morgan fingerprint density at radius 3 is 2.50 bits per heavy atom. The van der Waals surface area contributed by atoms with E-state index in [4.69, 9.17) is 4.74 Å². The predicted octanol–water partition coefficient (Wildman–Crippen LogP) is 2.46. The lowest BCUT2D eigenvalue weighted by molar-refractivity contribution is 0.0857. The molecule has 1 unspecified atom stereocenters. The van der Waals surface area contributed by atoms with Gasteiger partial charge in [0.05, 0.1) is 23.6 Å². The zero-order chi connectivity index (χ0) is 19.3. The molecule has 0 bridgehead atoms. The molecule has 0 saturated carbocycles. The third-order valence-electron chi connectivity index (χ3n) is 5.34. The molecule has 2 fully saturated rings. The van der Waals surface area contributed by atoms with Crippen molar-refractivity contribution in [3.63, 3.8) is 0 Å². The maximum Gasteiger partial charge on any atom is 0.253 e. The summed E-state index contributed by atoms with van der Waals surface area (Å²) in [4.78, 5) is 21.2. The molecule has 1 aromatic heterocycles. The molecule has 6 nitrogen and oxygen atoms in total. The maximum absolute atomic E-state index is 13.1. The molecule has 0 aliphatic carbocycles. The third kappa shape index (κ3) is 4.42. The van der Waals surface area contributed by atoms with Crippen molar-refractivity contribution in [2.45, 2.75) is 18.9 Å². The Hall–Kier alpha value is -2.67. The van der Waals surface area contributed by atoms with Crippen molar-refractivity contribution in [1.29, 1.82) is 0 Å². The van der Waals surface area contributed by atoms with E-state index in [-0.39, 0.29) is 17.8 Å². The maximum atomic E-state index is 13.1. The fourth-order valence-corrected chi connectivity index (χ4v) is 3.71. The second kappa shape index (κ2) is 8.56. The summed E-state index contributed by atoms with van der Waals surface area (Å²) in [5.74, 6) is -0.335. The van der Waals surface area contributed by atoms with Gasteiger partial charge in [0.25, 0.3) is 5.91 Å². The zero-order valence-corrected chi connectivity index (χ0v) is 15.8. The van der Waals surface area contributed by atoms with Crippen molar-refractivity contribution in [3.8, 4) is 0 Å². The van der Waals surface area contributed by atoms with Gasteiger partial charge in [0.2, 0.25) is 0 Å². The average Bonchev–Trinajstić information content (AvgIpc) is 3.26. The topological polar surface area (TPSA) is 57.7 Å². The smallest absolute Gasteiger partial charge is 0.253 e. The molecular formula is C21H25FN4O2. The first kappa shape index (κ1) is 18.7. The molecule has 4 rings (SSSR count).